The molecule has 33 heavy (non-hydrogen) atoms. The second kappa shape index (κ2) is 11.8. The summed E-state index contributed by atoms with van der Waals surface area (Å²) in [6.07, 6.45) is 3.56. The van der Waals surface area contributed by atoms with Crippen molar-refractivity contribution in [3.8, 4) is 17.3 Å². The molecule has 0 bridgehead atoms. The highest BCUT2D eigenvalue weighted by Crippen LogP contribution is 2.32. The molecule has 1 N–H and O–H groups in total. The van der Waals surface area contributed by atoms with Crippen molar-refractivity contribution in [1.82, 2.24) is 14.7 Å². The van der Waals surface area contributed by atoms with Crippen LogP contribution >= 0.6 is 0 Å². The van der Waals surface area contributed by atoms with Gasteiger partial charge in [0, 0.05) is 19.1 Å². The van der Waals surface area contributed by atoms with E-state index in [0.717, 1.165) is 29.8 Å². The van der Waals surface area contributed by atoms with Crippen LogP contribution in [-0.4, -0.2) is 38.5 Å². The van der Waals surface area contributed by atoms with Gasteiger partial charge in [-0.3, -0.25) is 4.90 Å². The summed E-state index contributed by atoms with van der Waals surface area (Å²) in [5.74, 6) is 1.01. The molecule has 2 aromatic carbocycles. The highest BCUT2D eigenvalue weighted by Gasteiger charge is 2.24. The number of nitrogens with zero attached hydrogens (tertiary/aromatic N) is 3. The van der Waals surface area contributed by atoms with Crippen LogP contribution in [0.4, 0.5) is 4.39 Å². The Hall–Kier alpha value is -2.96. The Bertz CT molecular complexity index is 1020. The predicted octanol–water partition coefficient (Wildman–Crippen LogP) is 5.90. The molecule has 5 nitrogen and oxygen atoms in total. The number of hydrogen-bond donors (Lipinski definition) is 1. The number of aliphatic hydroxyl groups is 1. The van der Waals surface area contributed by atoms with E-state index >= 15 is 0 Å². The van der Waals surface area contributed by atoms with Gasteiger partial charge in [0.2, 0.25) is 5.88 Å². The van der Waals surface area contributed by atoms with Crippen LogP contribution in [0.3, 0.4) is 0 Å². The van der Waals surface area contributed by atoms with Gasteiger partial charge in [-0.15, -0.1) is 6.58 Å². The lowest BCUT2D eigenvalue weighted by Crippen LogP contribution is -2.37. The van der Waals surface area contributed by atoms with Crippen molar-refractivity contribution in [2.24, 2.45) is 0 Å². The average molecular weight is 452 g/mol. The van der Waals surface area contributed by atoms with Crippen LogP contribution < -0.4 is 4.74 Å². The van der Waals surface area contributed by atoms with Gasteiger partial charge < -0.3 is 9.84 Å². The topological polar surface area (TPSA) is 50.5 Å². The number of benzene rings is 2. The zero-order valence-electron chi connectivity index (χ0n) is 19.7. The Balaban J connectivity index is 2.02. The lowest BCUT2D eigenvalue weighted by atomic mass is 10.1. The van der Waals surface area contributed by atoms with E-state index in [0.29, 0.717) is 31.1 Å². The number of allylic oxidation sites excluding steroid dienone is 1. The molecule has 6 heteroatoms. The Labute approximate surface area is 196 Å². The lowest BCUT2D eigenvalue weighted by Gasteiger charge is -2.29. The van der Waals surface area contributed by atoms with Crippen molar-refractivity contribution in [2.75, 3.05) is 6.54 Å². The number of aliphatic hydroxyl groups excluding tert-OH is 1. The van der Waals surface area contributed by atoms with Gasteiger partial charge in [-0.25, -0.2) is 9.07 Å². The molecule has 0 aliphatic carbocycles. The van der Waals surface area contributed by atoms with Gasteiger partial charge in [0.25, 0.3) is 0 Å². The maximum absolute atomic E-state index is 13.6. The van der Waals surface area contributed by atoms with Crippen LogP contribution in [0, 0.1) is 5.82 Å². The third-order valence-corrected chi connectivity index (χ3v) is 5.62. The number of para-hydroxylation sites is 1. The molecular weight excluding hydrogens is 417 g/mol. The number of aryl methyl sites for hydroxylation is 1. The van der Waals surface area contributed by atoms with Crippen LogP contribution in [0.2, 0.25) is 0 Å². The van der Waals surface area contributed by atoms with Gasteiger partial charge in [0.05, 0.1) is 23.0 Å². The summed E-state index contributed by atoms with van der Waals surface area (Å²) >= 11 is 0. The van der Waals surface area contributed by atoms with E-state index < -0.39 is 6.10 Å². The number of ether oxygens (including phenoxy) is 1. The number of hydrogen-bond acceptors (Lipinski definition) is 4. The summed E-state index contributed by atoms with van der Waals surface area (Å²) in [6.45, 7) is 11.2. The SMILES string of the molecule is C=CCCC(O)CN(Cc1c(CC)nn(-c2ccc(F)cc2)c1Oc1ccccc1)C(C)C. The molecule has 1 heterocycles. The first-order chi connectivity index (χ1) is 15.9. The minimum atomic E-state index is -0.443. The van der Waals surface area contributed by atoms with E-state index in [9.17, 15) is 9.50 Å². The maximum atomic E-state index is 13.6. The van der Waals surface area contributed by atoms with Crippen molar-refractivity contribution < 1.29 is 14.2 Å². The van der Waals surface area contributed by atoms with Crippen LogP contribution in [0.1, 0.15) is 44.9 Å². The first kappa shape index (κ1) is 24.7. The monoisotopic (exact) mass is 451 g/mol. The fourth-order valence-electron chi connectivity index (χ4n) is 3.72. The van der Waals surface area contributed by atoms with Gasteiger partial charge >= 0.3 is 0 Å². The molecule has 1 unspecified atom stereocenters. The summed E-state index contributed by atoms with van der Waals surface area (Å²) in [6, 6.07) is 16.0. The molecule has 0 amide bonds. The number of halogens is 1. The quantitative estimate of drug-likeness (QED) is 0.348. The molecular formula is C27H34FN3O2. The molecule has 0 saturated heterocycles. The summed E-state index contributed by atoms with van der Waals surface area (Å²) < 4.78 is 21.7. The zero-order valence-corrected chi connectivity index (χ0v) is 19.7. The van der Waals surface area contributed by atoms with E-state index in [-0.39, 0.29) is 11.9 Å². The van der Waals surface area contributed by atoms with E-state index in [1.165, 1.54) is 12.1 Å². The van der Waals surface area contributed by atoms with Gasteiger partial charge in [-0.2, -0.15) is 5.10 Å². The van der Waals surface area contributed by atoms with E-state index in [2.05, 4.69) is 32.3 Å². The molecule has 176 valence electrons. The second-order valence-corrected chi connectivity index (χ2v) is 8.43. The largest absolute Gasteiger partial charge is 0.439 e. The zero-order chi connectivity index (χ0) is 23.8. The van der Waals surface area contributed by atoms with E-state index in [4.69, 9.17) is 9.84 Å². The number of rotatable bonds is 12. The molecule has 1 aromatic heterocycles. The Morgan fingerprint density at radius 3 is 2.45 bits per heavy atom. The summed E-state index contributed by atoms with van der Waals surface area (Å²) in [5, 5.41) is 15.4. The first-order valence-electron chi connectivity index (χ1n) is 11.6. The van der Waals surface area contributed by atoms with E-state index in [1.807, 2.05) is 36.4 Å². The summed E-state index contributed by atoms with van der Waals surface area (Å²) in [7, 11) is 0. The average Bonchev–Trinajstić information content (AvgIpc) is 3.15. The van der Waals surface area contributed by atoms with Crippen molar-refractivity contribution in [1.29, 1.82) is 0 Å². The summed E-state index contributed by atoms with van der Waals surface area (Å²) in [5.41, 5.74) is 2.61. The number of aromatic nitrogens is 2. The Morgan fingerprint density at radius 1 is 1.15 bits per heavy atom. The molecule has 0 radical (unpaired) electrons. The molecule has 1 atom stereocenters. The van der Waals surface area contributed by atoms with Crippen LogP contribution in [0.25, 0.3) is 5.69 Å². The van der Waals surface area contributed by atoms with Gasteiger partial charge in [-0.1, -0.05) is 31.2 Å². The van der Waals surface area contributed by atoms with Crippen LogP contribution in [-0.2, 0) is 13.0 Å². The van der Waals surface area contributed by atoms with Crippen molar-refractivity contribution in [3.05, 3.63) is 84.3 Å². The molecule has 0 spiro atoms. The minimum absolute atomic E-state index is 0.215. The van der Waals surface area contributed by atoms with Crippen molar-refractivity contribution >= 4 is 0 Å². The molecule has 0 aliphatic heterocycles. The van der Waals surface area contributed by atoms with Gasteiger partial charge in [-0.05, 0) is 69.5 Å². The smallest absolute Gasteiger partial charge is 0.227 e. The standard InChI is InChI=1S/C27H34FN3O2/c1-5-7-11-23(32)18-30(20(3)4)19-25-26(6-2)29-31(22-16-14-21(28)15-17-22)27(25)33-24-12-9-8-10-13-24/h5,8-10,12-17,20,23,32H,1,6-7,11,18-19H2,2-4H3. The third kappa shape index (κ3) is 6.53. The maximum Gasteiger partial charge on any atom is 0.227 e. The fourth-order valence-corrected chi connectivity index (χ4v) is 3.72. The fraction of sp³-hybridized carbons (Fsp3) is 0.370. The molecule has 3 aromatic rings. The third-order valence-electron chi connectivity index (χ3n) is 5.62. The molecule has 3 rings (SSSR count). The van der Waals surface area contributed by atoms with Crippen molar-refractivity contribution in [2.45, 2.75) is 58.7 Å². The lowest BCUT2D eigenvalue weighted by molar-refractivity contribution is 0.0849. The van der Waals surface area contributed by atoms with Gasteiger partial charge in [0.15, 0.2) is 0 Å². The minimum Gasteiger partial charge on any atom is -0.439 e. The summed E-state index contributed by atoms with van der Waals surface area (Å²) in [4.78, 5) is 2.23. The second-order valence-electron chi connectivity index (χ2n) is 8.43. The molecule has 0 aliphatic rings. The Morgan fingerprint density at radius 2 is 1.85 bits per heavy atom. The van der Waals surface area contributed by atoms with Crippen LogP contribution in [0.15, 0.2) is 67.3 Å². The molecule has 0 fully saturated rings. The van der Waals surface area contributed by atoms with Crippen molar-refractivity contribution in [3.63, 3.8) is 0 Å². The Kier molecular flexibility index (Phi) is 8.80. The highest BCUT2D eigenvalue weighted by atomic mass is 19.1. The van der Waals surface area contributed by atoms with Gasteiger partial charge in [0.1, 0.15) is 11.6 Å². The molecule has 0 saturated carbocycles. The van der Waals surface area contributed by atoms with E-state index in [1.54, 1.807) is 16.8 Å². The predicted molar refractivity (Wildman–Crippen MR) is 130 cm³/mol. The normalized spacial score (nSPS) is 12.3. The van der Waals surface area contributed by atoms with Crippen LogP contribution in [0.5, 0.6) is 11.6 Å². The first-order valence-corrected chi connectivity index (χ1v) is 11.6. The highest BCUT2D eigenvalue weighted by molar-refractivity contribution is 5.44.